The molecule has 2 rings (SSSR count). The third-order valence-electron chi connectivity index (χ3n) is 2.74. The summed E-state index contributed by atoms with van der Waals surface area (Å²) in [4.78, 5) is 25.8. The molecule has 2 N–H and O–H groups in total. The van der Waals surface area contributed by atoms with Crippen LogP contribution in [0.5, 0.6) is 5.75 Å². The Morgan fingerprint density at radius 3 is 2.90 bits per heavy atom. The number of ether oxygens (including phenoxy) is 1. The van der Waals surface area contributed by atoms with E-state index in [-0.39, 0.29) is 24.0 Å². The van der Waals surface area contributed by atoms with E-state index in [1.165, 1.54) is 30.5 Å². The van der Waals surface area contributed by atoms with E-state index in [0.29, 0.717) is 5.75 Å². The van der Waals surface area contributed by atoms with Crippen LogP contribution in [0.15, 0.2) is 47.4 Å². The van der Waals surface area contributed by atoms with Crippen LogP contribution < -0.4 is 15.6 Å². The van der Waals surface area contributed by atoms with Crippen molar-refractivity contribution >= 4 is 5.91 Å². The van der Waals surface area contributed by atoms with E-state index in [1.807, 2.05) is 0 Å². The van der Waals surface area contributed by atoms with Gasteiger partial charge in [-0.1, -0.05) is 6.07 Å². The molecule has 0 fully saturated rings. The first-order valence-electron chi connectivity index (χ1n) is 6.43. The number of aromatic nitrogens is 1. The summed E-state index contributed by atoms with van der Waals surface area (Å²) in [6.07, 6.45) is 1.45. The Balaban J connectivity index is 1.90. The van der Waals surface area contributed by atoms with E-state index < -0.39 is 11.5 Å². The summed E-state index contributed by atoms with van der Waals surface area (Å²) in [5.41, 5.74) is -0.414. The van der Waals surface area contributed by atoms with Crippen molar-refractivity contribution < 1.29 is 13.9 Å². The minimum atomic E-state index is -0.479. The number of carbonyl (C=O) groups is 1. The summed E-state index contributed by atoms with van der Waals surface area (Å²) < 4.78 is 18.4. The number of carbonyl (C=O) groups excluding carboxylic acids is 1. The molecule has 0 bridgehead atoms. The molecule has 1 aromatic carbocycles. The molecule has 0 aliphatic rings. The maximum absolute atomic E-state index is 13.0. The van der Waals surface area contributed by atoms with E-state index in [2.05, 4.69) is 10.3 Å². The Kier molecular flexibility index (Phi) is 4.71. The SMILES string of the molecule is C[C@@H](COc1cccc(F)c1)NC(=O)c1ccc[nH]c1=O. The average molecular weight is 290 g/mol. The molecule has 1 amide bonds. The highest BCUT2D eigenvalue weighted by Gasteiger charge is 2.13. The van der Waals surface area contributed by atoms with Crippen molar-refractivity contribution in [2.45, 2.75) is 13.0 Å². The number of H-pyrrole nitrogens is 1. The molecule has 1 aromatic heterocycles. The number of halogens is 1. The van der Waals surface area contributed by atoms with Crippen LogP contribution in [0.3, 0.4) is 0 Å². The number of aromatic amines is 1. The van der Waals surface area contributed by atoms with Gasteiger partial charge in [-0.3, -0.25) is 9.59 Å². The van der Waals surface area contributed by atoms with Crippen molar-refractivity contribution in [2.75, 3.05) is 6.61 Å². The molecule has 0 saturated carbocycles. The Morgan fingerprint density at radius 1 is 1.38 bits per heavy atom. The van der Waals surface area contributed by atoms with Gasteiger partial charge in [0, 0.05) is 12.3 Å². The van der Waals surface area contributed by atoms with Crippen molar-refractivity contribution in [3.05, 3.63) is 64.3 Å². The summed E-state index contributed by atoms with van der Waals surface area (Å²) in [5, 5.41) is 2.64. The van der Waals surface area contributed by atoms with Crippen LogP contribution >= 0.6 is 0 Å². The lowest BCUT2D eigenvalue weighted by molar-refractivity contribution is 0.0925. The fourth-order valence-electron chi connectivity index (χ4n) is 1.72. The summed E-state index contributed by atoms with van der Waals surface area (Å²) in [7, 11) is 0. The molecule has 0 aliphatic heterocycles. The van der Waals surface area contributed by atoms with Crippen LogP contribution in [0, 0.1) is 5.82 Å². The first-order chi connectivity index (χ1) is 10.1. The van der Waals surface area contributed by atoms with Crippen molar-refractivity contribution in [3.8, 4) is 5.75 Å². The molecular formula is C15H15FN2O3. The van der Waals surface area contributed by atoms with E-state index in [9.17, 15) is 14.0 Å². The first kappa shape index (κ1) is 14.8. The molecule has 0 saturated heterocycles. The first-order valence-corrected chi connectivity index (χ1v) is 6.43. The van der Waals surface area contributed by atoms with Crippen LogP contribution in [-0.2, 0) is 0 Å². The second kappa shape index (κ2) is 6.69. The Morgan fingerprint density at radius 2 is 2.19 bits per heavy atom. The second-order valence-corrected chi connectivity index (χ2v) is 4.56. The van der Waals surface area contributed by atoms with E-state index in [0.717, 1.165) is 0 Å². The molecule has 0 radical (unpaired) electrons. The number of amides is 1. The number of hydrogen-bond acceptors (Lipinski definition) is 3. The van der Waals surface area contributed by atoms with Gasteiger partial charge >= 0.3 is 0 Å². The van der Waals surface area contributed by atoms with Gasteiger partial charge < -0.3 is 15.0 Å². The number of hydrogen-bond donors (Lipinski definition) is 2. The molecule has 5 nitrogen and oxygen atoms in total. The number of rotatable bonds is 5. The van der Waals surface area contributed by atoms with Gasteiger partial charge in [0.1, 0.15) is 23.7 Å². The Labute approximate surface area is 120 Å². The summed E-state index contributed by atoms with van der Waals surface area (Å²) >= 11 is 0. The van der Waals surface area contributed by atoms with Crippen LogP contribution in [0.1, 0.15) is 17.3 Å². The lowest BCUT2D eigenvalue weighted by atomic mass is 10.2. The van der Waals surface area contributed by atoms with Crippen LogP contribution in [0.2, 0.25) is 0 Å². The zero-order valence-corrected chi connectivity index (χ0v) is 11.4. The summed E-state index contributed by atoms with van der Waals surface area (Å²) in [5.74, 6) is -0.485. The fourth-order valence-corrected chi connectivity index (χ4v) is 1.72. The second-order valence-electron chi connectivity index (χ2n) is 4.56. The normalized spacial score (nSPS) is 11.7. The minimum absolute atomic E-state index is 0.0371. The van der Waals surface area contributed by atoms with Gasteiger partial charge in [-0.15, -0.1) is 0 Å². The molecule has 6 heteroatoms. The number of nitrogens with one attached hydrogen (secondary N) is 2. The Hall–Kier alpha value is -2.63. The lowest BCUT2D eigenvalue weighted by Gasteiger charge is -2.14. The average Bonchev–Trinajstić information content (AvgIpc) is 2.45. The van der Waals surface area contributed by atoms with E-state index >= 15 is 0 Å². The van der Waals surface area contributed by atoms with Gasteiger partial charge in [-0.2, -0.15) is 0 Å². The maximum atomic E-state index is 13.0. The van der Waals surface area contributed by atoms with Crippen molar-refractivity contribution in [1.29, 1.82) is 0 Å². The maximum Gasteiger partial charge on any atom is 0.260 e. The highest BCUT2D eigenvalue weighted by molar-refractivity contribution is 5.93. The Bertz CT molecular complexity index is 684. The van der Waals surface area contributed by atoms with Gasteiger partial charge in [-0.25, -0.2) is 4.39 Å². The smallest absolute Gasteiger partial charge is 0.260 e. The van der Waals surface area contributed by atoms with E-state index in [1.54, 1.807) is 19.1 Å². The molecule has 0 spiro atoms. The number of benzene rings is 1. The highest BCUT2D eigenvalue weighted by atomic mass is 19.1. The van der Waals surface area contributed by atoms with Crippen molar-refractivity contribution in [2.24, 2.45) is 0 Å². The molecule has 1 heterocycles. The molecule has 0 aliphatic carbocycles. The topological polar surface area (TPSA) is 71.2 Å². The van der Waals surface area contributed by atoms with Gasteiger partial charge in [-0.05, 0) is 31.2 Å². The van der Waals surface area contributed by atoms with Gasteiger partial charge in [0.05, 0.1) is 6.04 Å². The number of pyridine rings is 1. The zero-order chi connectivity index (χ0) is 15.2. The van der Waals surface area contributed by atoms with E-state index in [4.69, 9.17) is 4.74 Å². The monoisotopic (exact) mass is 290 g/mol. The van der Waals surface area contributed by atoms with Crippen molar-refractivity contribution in [1.82, 2.24) is 10.3 Å². The molecule has 21 heavy (non-hydrogen) atoms. The largest absolute Gasteiger partial charge is 0.491 e. The van der Waals surface area contributed by atoms with Crippen LogP contribution in [-0.4, -0.2) is 23.5 Å². The summed E-state index contributed by atoms with van der Waals surface area (Å²) in [6.45, 7) is 1.90. The van der Waals surface area contributed by atoms with Crippen LogP contribution in [0.25, 0.3) is 0 Å². The summed E-state index contributed by atoms with van der Waals surface area (Å²) in [6, 6.07) is 8.42. The predicted octanol–water partition coefficient (Wildman–Crippen LogP) is 1.71. The molecule has 0 unspecified atom stereocenters. The van der Waals surface area contributed by atoms with Gasteiger partial charge in [0.15, 0.2) is 0 Å². The molecule has 2 aromatic rings. The standard InChI is InChI=1S/C15H15FN2O3/c1-10(9-21-12-5-2-4-11(16)8-12)18-15(20)13-6-3-7-17-14(13)19/h2-8,10H,9H2,1H3,(H,17,19)(H,18,20)/t10-/m0/s1. The highest BCUT2D eigenvalue weighted by Crippen LogP contribution is 2.12. The van der Waals surface area contributed by atoms with Gasteiger partial charge in [0.25, 0.3) is 11.5 Å². The molecular weight excluding hydrogens is 275 g/mol. The fraction of sp³-hybridized carbons (Fsp3) is 0.200. The lowest BCUT2D eigenvalue weighted by Crippen LogP contribution is -2.39. The molecule has 110 valence electrons. The minimum Gasteiger partial charge on any atom is -0.491 e. The quantitative estimate of drug-likeness (QED) is 0.880. The third-order valence-corrected chi connectivity index (χ3v) is 2.74. The third kappa shape index (κ3) is 4.17. The predicted molar refractivity (Wildman–Crippen MR) is 75.9 cm³/mol. The van der Waals surface area contributed by atoms with Crippen molar-refractivity contribution in [3.63, 3.8) is 0 Å². The molecule has 1 atom stereocenters. The van der Waals surface area contributed by atoms with Crippen LogP contribution in [0.4, 0.5) is 4.39 Å². The zero-order valence-electron chi connectivity index (χ0n) is 11.4. The van der Waals surface area contributed by atoms with Gasteiger partial charge in [0.2, 0.25) is 0 Å².